The Morgan fingerprint density at radius 2 is 0.530 bits per heavy atom. The first kappa shape index (κ1) is 63.4. The molecule has 0 saturated carbocycles. The zero-order chi connectivity index (χ0) is 47.9. The van der Waals surface area contributed by atoms with E-state index in [0.29, 0.717) is 19.3 Å². The van der Waals surface area contributed by atoms with Crippen LogP contribution in [0.2, 0.25) is 0 Å². The van der Waals surface area contributed by atoms with Crippen molar-refractivity contribution in [1.82, 2.24) is 0 Å². The lowest BCUT2D eigenvalue weighted by Gasteiger charge is -2.18. The highest BCUT2D eigenvalue weighted by Gasteiger charge is 2.19. The van der Waals surface area contributed by atoms with Crippen LogP contribution < -0.4 is 0 Å². The summed E-state index contributed by atoms with van der Waals surface area (Å²) in [7, 11) is 0. The summed E-state index contributed by atoms with van der Waals surface area (Å²) in [6.07, 6.45) is 66.7. The predicted molar refractivity (Wildman–Crippen MR) is 284 cm³/mol. The lowest BCUT2D eigenvalue weighted by atomic mass is 10.0. The number of unbranched alkanes of at least 4 members (excludes halogenated alkanes) is 35. The fourth-order valence-corrected chi connectivity index (χ4v) is 8.25. The van der Waals surface area contributed by atoms with Gasteiger partial charge in [-0.3, -0.25) is 14.4 Å². The average Bonchev–Trinajstić information content (AvgIpc) is 3.31. The van der Waals surface area contributed by atoms with Gasteiger partial charge in [0.05, 0.1) is 0 Å². The van der Waals surface area contributed by atoms with Crippen molar-refractivity contribution in [2.75, 3.05) is 13.2 Å². The Morgan fingerprint density at radius 3 is 0.848 bits per heavy atom. The van der Waals surface area contributed by atoms with E-state index in [0.717, 1.165) is 77.0 Å². The zero-order valence-corrected chi connectivity index (χ0v) is 44.0. The molecule has 0 rings (SSSR count). The second-order valence-electron chi connectivity index (χ2n) is 19.3. The lowest BCUT2D eigenvalue weighted by Crippen LogP contribution is -2.30. The van der Waals surface area contributed by atoms with Gasteiger partial charge in [-0.25, -0.2) is 0 Å². The molecule has 1 atom stereocenters. The SMILES string of the molecule is CCCCC/C=C\C=C/CCCCCCCCC(=O)OCC(COC(=O)CCCCCCCCCCCCCCCCCCC)OC(=O)CCCCC/C=C\C=C/CCCCCCCCC. The van der Waals surface area contributed by atoms with Gasteiger partial charge in [0.1, 0.15) is 13.2 Å². The number of carbonyl (C=O) groups excluding carboxylic acids is 3. The van der Waals surface area contributed by atoms with Crippen LogP contribution in [0.5, 0.6) is 0 Å². The zero-order valence-electron chi connectivity index (χ0n) is 44.0. The first-order chi connectivity index (χ1) is 32.5. The van der Waals surface area contributed by atoms with Gasteiger partial charge in [0.2, 0.25) is 0 Å². The molecule has 0 aromatic heterocycles. The molecule has 0 heterocycles. The molecule has 0 aliphatic rings. The minimum Gasteiger partial charge on any atom is -0.462 e. The third-order valence-corrected chi connectivity index (χ3v) is 12.6. The molecule has 0 aromatic carbocycles. The normalized spacial score (nSPS) is 12.3. The van der Waals surface area contributed by atoms with Gasteiger partial charge in [-0.05, 0) is 70.6 Å². The third-order valence-electron chi connectivity index (χ3n) is 12.6. The maximum atomic E-state index is 12.8. The average molecular weight is 926 g/mol. The van der Waals surface area contributed by atoms with Gasteiger partial charge in [0.25, 0.3) is 0 Å². The summed E-state index contributed by atoms with van der Waals surface area (Å²) in [5.74, 6) is -0.910. The highest BCUT2D eigenvalue weighted by Crippen LogP contribution is 2.16. The van der Waals surface area contributed by atoms with E-state index >= 15 is 0 Å². The van der Waals surface area contributed by atoms with E-state index in [1.165, 1.54) is 180 Å². The van der Waals surface area contributed by atoms with Crippen molar-refractivity contribution in [3.05, 3.63) is 48.6 Å². The fraction of sp³-hybridized carbons (Fsp3) is 0.817. The number of esters is 3. The molecule has 0 N–H and O–H groups in total. The molecule has 0 aliphatic heterocycles. The largest absolute Gasteiger partial charge is 0.462 e. The maximum Gasteiger partial charge on any atom is 0.306 e. The van der Waals surface area contributed by atoms with Gasteiger partial charge in [0, 0.05) is 19.3 Å². The summed E-state index contributed by atoms with van der Waals surface area (Å²) in [5.41, 5.74) is 0. The topological polar surface area (TPSA) is 78.9 Å². The number of allylic oxidation sites excluding steroid dienone is 8. The summed E-state index contributed by atoms with van der Waals surface area (Å²) < 4.78 is 16.8. The third kappa shape index (κ3) is 52.3. The van der Waals surface area contributed by atoms with E-state index in [1.54, 1.807) is 0 Å². The van der Waals surface area contributed by atoms with E-state index < -0.39 is 6.10 Å². The van der Waals surface area contributed by atoms with Crippen molar-refractivity contribution in [3.8, 4) is 0 Å². The Morgan fingerprint density at radius 1 is 0.303 bits per heavy atom. The fourth-order valence-electron chi connectivity index (χ4n) is 8.25. The molecule has 66 heavy (non-hydrogen) atoms. The van der Waals surface area contributed by atoms with E-state index in [1.807, 2.05) is 0 Å². The Hall–Kier alpha value is -2.63. The van der Waals surface area contributed by atoms with E-state index in [2.05, 4.69) is 69.4 Å². The van der Waals surface area contributed by atoms with Gasteiger partial charge in [-0.1, -0.05) is 256 Å². The highest BCUT2D eigenvalue weighted by atomic mass is 16.6. The summed E-state index contributed by atoms with van der Waals surface area (Å²) in [6, 6.07) is 0. The van der Waals surface area contributed by atoms with Crippen LogP contribution in [0.1, 0.15) is 297 Å². The standard InChI is InChI=1S/C60H108O6/c1-4-7-10-13-16-19-22-25-28-30-33-35-38-41-44-47-50-53-59(62)65-56-57(55-64-58(61)52-49-46-43-40-37-34-31-27-24-21-18-15-12-9-6-3)66-60(63)54-51-48-45-42-39-36-32-29-26-23-20-17-14-11-8-5-2/h18,21,24,27,29,32,36,39,57H,4-17,19-20,22-23,25-26,28,30-31,33-35,37-38,40-56H2,1-3H3/b21-18-,27-24-,32-29-,39-36-. The molecule has 0 bridgehead atoms. The minimum absolute atomic E-state index is 0.0848. The second kappa shape index (κ2) is 55.0. The number of hydrogen-bond acceptors (Lipinski definition) is 6. The van der Waals surface area contributed by atoms with Gasteiger partial charge in [0.15, 0.2) is 6.10 Å². The van der Waals surface area contributed by atoms with Crippen LogP contribution in [0.15, 0.2) is 48.6 Å². The Bertz CT molecular complexity index is 1150. The number of rotatable bonds is 52. The molecule has 6 nitrogen and oxygen atoms in total. The van der Waals surface area contributed by atoms with E-state index in [9.17, 15) is 14.4 Å². The second-order valence-corrected chi connectivity index (χ2v) is 19.3. The van der Waals surface area contributed by atoms with E-state index in [4.69, 9.17) is 14.2 Å². The van der Waals surface area contributed by atoms with Crippen LogP contribution in [-0.4, -0.2) is 37.2 Å². The molecule has 0 fully saturated rings. The molecule has 0 radical (unpaired) electrons. The Balaban J connectivity index is 4.40. The van der Waals surface area contributed by atoms with Gasteiger partial charge in [-0.2, -0.15) is 0 Å². The smallest absolute Gasteiger partial charge is 0.306 e. The molecule has 0 saturated heterocycles. The van der Waals surface area contributed by atoms with Crippen molar-refractivity contribution in [2.24, 2.45) is 0 Å². The lowest BCUT2D eigenvalue weighted by molar-refractivity contribution is -0.167. The molecule has 1 unspecified atom stereocenters. The van der Waals surface area contributed by atoms with Crippen LogP contribution in [0.4, 0.5) is 0 Å². The number of ether oxygens (including phenoxy) is 3. The molecular weight excluding hydrogens is 817 g/mol. The van der Waals surface area contributed by atoms with Gasteiger partial charge >= 0.3 is 17.9 Å². The van der Waals surface area contributed by atoms with Gasteiger partial charge < -0.3 is 14.2 Å². The molecular formula is C60H108O6. The van der Waals surface area contributed by atoms with Crippen LogP contribution in [0.25, 0.3) is 0 Å². The minimum atomic E-state index is -0.790. The molecule has 0 aliphatic carbocycles. The Kier molecular flexibility index (Phi) is 52.8. The summed E-state index contributed by atoms with van der Waals surface area (Å²) >= 11 is 0. The van der Waals surface area contributed by atoms with E-state index in [-0.39, 0.29) is 31.1 Å². The summed E-state index contributed by atoms with van der Waals surface area (Å²) in [5, 5.41) is 0. The summed E-state index contributed by atoms with van der Waals surface area (Å²) in [6.45, 7) is 6.61. The van der Waals surface area contributed by atoms with Crippen molar-refractivity contribution >= 4 is 17.9 Å². The highest BCUT2D eigenvalue weighted by molar-refractivity contribution is 5.71. The molecule has 0 spiro atoms. The maximum absolute atomic E-state index is 12.8. The number of hydrogen-bond donors (Lipinski definition) is 0. The monoisotopic (exact) mass is 925 g/mol. The number of carbonyl (C=O) groups is 3. The summed E-state index contributed by atoms with van der Waals surface area (Å²) in [4.78, 5) is 38.1. The molecule has 0 aromatic rings. The molecule has 0 amide bonds. The van der Waals surface area contributed by atoms with Crippen LogP contribution in [0.3, 0.4) is 0 Å². The van der Waals surface area contributed by atoms with Crippen LogP contribution in [0, 0.1) is 0 Å². The molecule has 6 heteroatoms. The van der Waals surface area contributed by atoms with Crippen molar-refractivity contribution in [2.45, 2.75) is 303 Å². The van der Waals surface area contributed by atoms with Crippen LogP contribution in [-0.2, 0) is 28.6 Å². The van der Waals surface area contributed by atoms with Crippen LogP contribution >= 0.6 is 0 Å². The first-order valence-corrected chi connectivity index (χ1v) is 28.7. The van der Waals surface area contributed by atoms with Crippen molar-refractivity contribution in [1.29, 1.82) is 0 Å². The first-order valence-electron chi connectivity index (χ1n) is 28.7. The Labute approximate surface area is 409 Å². The van der Waals surface area contributed by atoms with Crippen molar-refractivity contribution < 1.29 is 28.6 Å². The molecule has 384 valence electrons. The van der Waals surface area contributed by atoms with Gasteiger partial charge in [-0.15, -0.1) is 0 Å². The predicted octanol–water partition coefficient (Wildman–Crippen LogP) is 19.0. The quantitative estimate of drug-likeness (QED) is 0.0262. The van der Waals surface area contributed by atoms with Crippen molar-refractivity contribution in [3.63, 3.8) is 0 Å².